The van der Waals surface area contributed by atoms with E-state index in [4.69, 9.17) is 0 Å². The fraction of sp³-hybridized carbons (Fsp3) is 0.692. The van der Waals surface area contributed by atoms with Crippen LogP contribution in [0.5, 0.6) is 0 Å². The highest BCUT2D eigenvalue weighted by Crippen LogP contribution is 2.36. The van der Waals surface area contributed by atoms with Crippen LogP contribution in [0.25, 0.3) is 0 Å². The molecule has 1 aromatic rings. The van der Waals surface area contributed by atoms with E-state index in [9.17, 15) is 4.79 Å². The topological polar surface area (TPSA) is 61.0 Å². The van der Waals surface area contributed by atoms with Gasteiger partial charge in [-0.1, -0.05) is 0 Å². The first-order valence-corrected chi connectivity index (χ1v) is 6.44. The van der Waals surface area contributed by atoms with Crippen molar-refractivity contribution < 1.29 is 4.79 Å². The molecule has 1 saturated heterocycles. The normalized spacial score (nSPS) is 22.7. The fourth-order valence-corrected chi connectivity index (χ4v) is 2.84. The van der Waals surface area contributed by atoms with Gasteiger partial charge in [0.05, 0.1) is 0 Å². The third-order valence-corrected chi connectivity index (χ3v) is 3.71. The zero-order chi connectivity index (χ0) is 13.4. The molecule has 100 valence electrons. The summed E-state index contributed by atoms with van der Waals surface area (Å²) in [5.41, 5.74) is 2.93. The summed E-state index contributed by atoms with van der Waals surface area (Å²) in [7, 11) is 0. The minimum atomic E-state index is -0.178. The molecule has 2 heterocycles. The van der Waals surface area contributed by atoms with Gasteiger partial charge in [0.1, 0.15) is 0 Å². The Labute approximate surface area is 108 Å². The van der Waals surface area contributed by atoms with Crippen molar-refractivity contribution in [2.24, 2.45) is 0 Å². The van der Waals surface area contributed by atoms with Gasteiger partial charge in [0.25, 0.3) is 0 Å². The van der Waals surface area contributed by atoms with E-state index in [-0.39, 0.29) is 17.0 Å². The number of hydrazine groups is 1. The van der Waals surface area contributed by atoms with Crippen molar-refractivity contribution in [3.8, 4) is 0 Å². The first-order valence-electron chi connectivity index (χ1n) is 6.44. The number of hydrogen-bond donors (Lipinski definition) is 2. The Morgan fingerprint density at radius 1 is 1.33 bits per heavy atom. The molecular formula is C13H22N4O. The third-order valence-electron chi connectivity index (χ3n) is 3.71. The van der Waals surface area contributed by atoms with Crippen LogP contribution in [-0.2, 0) is 0 Å². The van der Waals surface area contributed by atoms with Crippen LogP contribution < -0.4 is 5.43 Å². The van der Waals surface area contributed by atoms with Crippen molar-refractivity contribution >= 4 is 5.91 Å². The van der Waals surface area contributed by atoms with Crippen molar-refractivity contribution in [3.05, 3.63) is 18.2 Å². The van der Waals surface area contributed by atoms with Gasteiger partial charge >= 0.3 is 5.91 Å². The molecule has 5 heteroatoms. The Kier molecular flexibility index (Phi) is 3.19. The maximum atomic E-state index is 12.1. The van der Waals surface area contributed by atoms with Crippen LogP contribution in [-0.4, -0.2) is 32.0 Å². The highest BCUT2D eigenvalue weighted by molar-refractivity contribution is 5.90. The molecule has 5 nitrogen and oxygen atoms in total. The maximum Gasteiger partial charge on any atom is 0.301 e. The van der Waals surface area contributed by atoms with Crippen molar-refractivity contribution in [2.45, 2.75) is 58.0 Å². The van der Waals surface area contributed by atoms with Crippen LogP contribution >= 0.6 is 0 Å². The monoisotopic (exact) mass is 250 g/mol. The van der Waals surface area contributed by atoms with E-state index in [1.165, 1.54) is 6.42 Å². The molecule has 0 bridgehead atoms. The molecule has 0 spiro atoms. The number of aromatic amines is 1. The second-order valence-electron chi connectivity index (χ2n) is 6.19. The van der Waals surface area contributed by atoms with E-state index in [1.54, 1.807) is 12.4 Å². The van der Waals surface area contributed by atoms with Gasteiger partial charge in [-0.2, -0.15) is 0 Å². The summed E-state index contributed by atoms with van der Waals surface area (Å²) >= 11 is 0. The highest BCUT2D eigenvalue weighted by atomic mass is 16.2. The van der Waals surface area contributed by atoms with Crippen molar-refractivity contribution in [1.82, 2.24) is 20.4 Å². The van der Waals surface area contributed by atoms with E-state index in [1.807, 2.05) is 0 Å². The Balaban J connectivity index is 2.17. The van der Waals surface area contributed by atoms with Gasteiger partial charge in [0, 0.05) is 23.5 Å². The number of aromatic nitrogens is 2. The number of nitrogens with one attached hydrogen (secondary N) is 2. The number of hydrogen-bond acceptors (Lipinski definition) is 3. The zero-order valence-electron chi connectivity index (χ0n) is 11.6. The summed E-state index contributed by atoms with van der Waals surface area (Å²) in [5, 5.41) is 2.08. The van der Waals surface area contributed by atoms with Crippen molar-refractivity contribution in [3.63, 3.8) is 0 Å². The molecule has 1 aliphatic heterocycles. The van der Waals surface area contributed by atoms with Gasteiger partial charge in [0.2, 0.25) is 0 Å². The van der Waals surface area contributed by atoms with E-state index < -0.39 is 0 Å². The van der Waals surface area contributed by atoms with Crippen LogP contribution in [0.15, 0.2) is 12.4 Å². The first kappa shape index (κ1) is 13.1. The van der Waals surface area contributed by atoms with Gasteiger partial charge in [-0.05, 0) is 47.0 Å². The minimum absolute atomic E-state index is 0.0377. The van der Waals surface area contributed by atoms with E-state index in [0.717, 1.165) is 12.8 Å². The van der Waals surface area contributed by atoms with Crippen LogP contribution in [0.4, 0.5) is 0 Å². The maximum absolute atomic E-state index is 12.1. The molecule has 1 aromatic heterocycles. The standard InChI is InChI=1S/C13H22N4O/c1-12(2)6-5-7-13(3,4)17(12)16-11(18)10-14-8-9-15-10/h8-9H,5-7H2,1-4H3,(H,14,15)(H,16,18). The van der Waals surface area contributed by atoms with Crippen LogP contribution in [0.2, 0.25) is 0 Å². The molecule has 0 aromatic carbocycles. The number of piperidine rings is 1. The molecule has 0 saturated carbocycles. The van der Waals surface area contributed by atoms with E-state index >= 15 is 0 Å². The number of nitrogens with zero attached hydrogens (tertiary/aromatic N) is 2. The molecule has 0 aliphatic carbocycles. The average Bonchev–Trinajstić information content (AvgIpc) is 2.76. The second-order valence-corrected chi connectivity index (χ2v) is 6.19. The van der Waals surface area contributed by atoms with Crippen LogP contribution in [0, 0.1) is 0 Å². The summed E-state index contributed by atoms with van der Waals surface area (Å²) < 4.78 is 0. The number of amides is 1. The number of imidazole rings is 1. The highest BCUT2D eigenvalue weighted by Gasteiger charge is 2.42. The number of rotatable bonds is 2. The smallest absolute Gasteiger partial charge is 0.301 e. The molecule has 1 fully saturated rings. The third kappa shape index (κ3) is 2.41. The minimum Gasteiger partial charge on any atom is -0.340 e. The SMILES string of the molecule is CC1(C)CCCC(C)(C)N1NC(=O)c1ncc[nH]1. The van der Waals surface area contributed by atoms with Gasteiger partial charge in [-0.3, -0.25) is 10.2 Å². The molecule has 0 radical (unpaired) electrons. The summed E-state index contributed by atoms with van der Waals surface area (Å²) in [4.78, 5) is 18.9. The zero-order valence-corrected chi connectivity index (χ0v) is 11.6. The van der Waals surface area contributed by atoms with Gasteiger partial charge in [-0.15, -0.1) is 0 Å². The quantitative estimate of drug-likeness (QED) is 0.845. The van der Waals surface area contributed by atoms with Gasteiger partial charge in [0.15, 0.2) is 5.82 Å². The van der Waals surface area contributed by atoms with Gasteiger partial charge in [-0.25, -0.2) is 9.99 Å². The lowest BCUT2D eigenvalue weighted by Gasteiger charge is -2.52. The number of carbonyl (C=O) groups is 1. The van der Waals surface area contributed by atoms with Crippen molar-refractivity contribution in [1.29, 1.82) is 0 Å². The molecule has 0 unspecified atom stereocenters. The Bertz CT molecular complexity index is 406. The lowest BCUT2D eigenvalue weighted by atomic mass is 9.81. The predicted molar refractivity (Wildman–Crippen MR) is 69.9 cm³/mol. The lowest BCUT2D eigenvalue weighted by Crippen LogP contribution is -2.65. The largest absolute Gasteiger partial charge is 0.340 e. The van der Waals surface area contributed by atoms with Crippen LogP contribution in [0.1, 0.15) is 57.6 Å². The summed E-state index contributed by atoms with van der Waals surface area (Å²) in [5.74, 6) is 0.176. The second kappa shape index (κ2) is 4.39. The molecule has 1 amide bonds. The molecule has 2 rings (SSSR count). The molecule has 18 heavy (non-hydrogen) atoms. The summed E-state index contributed by atoms with van der Waals surface area (Å²) in [6.07, 6.45) is 6.58. The molecule has 1 aliphatic rings. The van der Waals surface area contributed by atoms with E-state index in [0.29, 0.717) is 5.82 Å². The predicted octanol–water partition coefficient (Wildman–Crippen LogP) is 2.10. The fourth-order valence-electron chi connectivity index (χ4n) is 2.84. The van der Waals surface area contributed by atoms with E-state index in [2.05, 4.69) is 48.1 Å². The molecule has 0 atom stereocenters. The lowest BCUT2D eigenvalue weighted by molar-refractivity contribution is -0.0614. The van der Waals surface area contributed by atoms with Crippen molar-refractivity contribution in [2.75, 3.05) is 0 Å². The van der Waals surface area contributed by atoms with Gasteiger partial charge < -0.3 is 4.98 Å². The number of H-pyrrole nitrogens is 1. The summed E-state index contributed by atoms with van der Waals surface area (Å²) in [6.45, 7) is 8.65. The Hall–Kier alpha value is -1.36. The average molecular weight is 250 g/mol. The number of carbonyl (C=O) groups excluding carboxylic acids is 1. The Morgan fingerprint density at radius 2 is 1.94 bits per heavy atom. The first-order chi connectivity index (χ1) is 8.33. The molecular weight excluding hydrogens is 228 g/mol. The molecule has 2 N–H and O–H groups in total. The van der Waals surface area contributed by atoms with Crippen LogP contribution in [0.3, 0.4) is 0 Å². The summed E-state index contributed by atoms with van der Waals surface area (Å²) in [6, 6.07) is 0. The Morgan fingerprint density at radius 3 is 2.44 bits per heavy atom.